The minimum atomic E-state index is -0.283. The number of nitrogens with zero attached hydrogens (tertiary/aromatic N) is 2. The van der Waals surface area contributed by atoms with E-state index in [1.54, 1.807) is 38.3 Å². The van der Waals surface area contributed by atoms with Crippen LogP contribution in [0.3, 0.4) is 0 Å². The topological polar surface area (TPSA) is 73.2 Å². The fourth-order valence-corrected chi connectivity index (χ4v) is 2.19. The van der Waals surface area contributed by atoms with Crippen LogP contribution in [0.1, 0.15) is 5.82 Å². The first kappa shape index (κ1) is 15.5. The van der Waals surface area contributed by atoms with Crippen molar-refractivity contribution in [3.63, 3.8) is 0 Å². The summed E-state index contributed by atoms with van der Waals surface area (Å²) in [7, 11) is 1.58. The van der Waals surface area contributed by atoms with Gasteiger partial charge in [0.1, 0.15) is 18.1 Å². The van der Waals surface area contributed by atoms with E-state index in [4.69, 9.17) is 4.74 Å². The number of carbonyl (C=O) groups is 1. The number of ether oxygens (including phenoxy) is 1. The van der Waals surface area contributed by atoms with Crippen LogP contribution in [-0.2, 0) is 11.3 Å². The molecule has 0 aliphatic carbocycles. The van der Waals surface area contributed by atoms with Crippen molar-refractivity contribution in [2.75, 3.05) is 12.4 Å². The summed E-state index contributed by atoms with van der Waals surface area (Å²) in [6.07, 6.45) is 1.50. The number of anilines is 1. The molecule has 0 fully saturated rings. The highest BCUT2D eigenvalue weighted by molar-refractivity contribution is 14.1. The fraction of sp³-hybridized carbons (Fsp3) is 0.214. The fourth-order valence-electron chi connectivity index (χ4n) is 1.76. The van der Waals surface area contributed by atoms with Gasteiger partial charge in [0, 0.05) is 11.9 Å². The Labute approximate surface area is 135 Å². The molecule has 0 spiro atoms. The molecule has 0 saturated carbocycles. The number of aromatic nitrogens is 2. The molecule has 6 nitrogen and oxygen atoms in total. The summed E-state index contributed by atoms with van der Waals surface area (Å²) in [4.78, 5) is 28.1. The number of halogens is 1. The monoisotopic (exact) mass is 399 g/mol. The SMILES string of the molecule is COc1ccc(NC(=O)Cn2c(C)ncc(I)c2=O)cc1. The summed E-state index contributed by atoms with van der Waals surface area (Å²) in [6, 6.07) is 6.97. The number of rotatable bonds is 4. The predicted molar refractivity (Wildman–Crippen MR) is 87.6 cm³/mol. The Balaban J connectivity index is 2.11. The molecule has 0 radical (unpaired) electrons. The zero-order chi connectivity index (χ0) is 15.4. The van der Waals surface area contributed by atoms with Crippen LogP contribution in [0.25, 0.3) is 0 Å². The van der Waals surface area contributed by atoms with Crippen molar-refractivity contribution < 1.29 is 9.53 Å². The second-order valence-electron chi connectivity index (χ2n) is 4.32. The van der Waals surface area contributed by atoms with Crippen LogP contribution in [0.5, 0.6) is 5.75 Å². The number of carbonyl (C=O) groups excluding carboxylic acids is 1. The van der Waals surface area contributed by atoms with Gasteiger partial charge in [0.2, 0.25) is 5.91 Å². The van der Waals surface area contributed by atoms with E-state index in [0.717, 1.165) is 0 Å². The first-order chi connectivity index (χ1) is 10.0. The van der Waals surface area contributed by atoms with E-state index in [2.05, 4.69) is 10.3 Å². The lowest BCUT2D eigenvalue weighted by molar-refractivity contribution is -0.116. The van der Waals surface area contributed by atoms with Crippen LogP contribution in [-0.4, -0.2) is 22.6 Å². The molecule has 2 aromatic rings. The summed E-state index contributed by atoms with van der Waals surface area (Å²) in [5.74, 6) is 0.932. The average molecular weight is 399 g/mol. The zero-order valence-corrected chi connectivity index (χ0v) is 13.7. The number of amides is 1. The van der Waals surface area contributed by atoms with E-state index in [9.17, 15) is 9.59 Å². The van der Waals surface area contributed by atoms with Gasteiger partial charge >= 0.3 is 0 Å². The Bertz CT molecular complexity index is 710. The lowest BCUT2D eigenvalue weighted by Crippen LogP contribution is -2.31. The molecule has 0 atom stereocenters. The highest BCUT2D eigenvalue weighted by Crippen LogP contribution is 2.14. The Kier molecular flexibility index (Phi) is 4.94. The molecule has 21 heavy (non-hydrogen) atoms. The van der Waals surface area contributed by atoms with E-state index in [1.165, 1.54) is 10.8 Å². The Morgan fingerprint density at radius 2 is 2.05 bits per heavy atom. The summed E-state index contributed by atoms with van der Waals surface area (Å²) >= 11 is 1.90. The van der Waals surface area contributed by atoms with Crippen molar-refractivity contribution in [1.82, 2.24) is 9.55 Å². The number of nitrogens with one attached hydrogen (secondary N) is 1. The number of hydrogen-bond donors (Lipinski definition) is 1. The third kappa shape index (κ3) is 3.81. The van der Waals surface area contributed by atoms with E-state index >= 15 is 0 Å². The molecule has 1 amide bonds. The second-order valence-corrected chi connectivity index (χ2v) is 5.48. The highest BCUT2D eigenvalue weighted by Gasteiger charge is 2.10. The smallest absolute Gasteiger partial charge is 0.267 e. The predicted octanol–water partition coefficient (Wildman–Crippen LogP) is 1.80. The molecule has 1 N–H and O–H groups in total. The van der Waals surface area contributed by atoms with E-state index in [0.29, 0.717) is 20.8 Å². The minimum absolute atomic E-state index is 0.0689. The third-order valence-corrected chi connectivity index (χ3v) is 3.62. The van der Waals surface area contributed by atoms with Gasteiger partial charge in [-0.3, -0.25) is 14.2 Å². The molecule has 110 valence electrons. The van der Waals surface area contributed by atoms with Gasteiger partial charge in [0.25, 0.3) is 5.56 Å². The highest BCUT2D eigenvalue weighted by atomic mass is 127. The maximum Gasteiger partial charge on any atom is 0.267 e. The van der Waals surface area contributed by atoms with E-state index in [-0.39, 0.29) is 18.0 Å². The molecule has 2 rings (SSSR count). The molecule has 0 bridgehead atoms. The number of hydrogen-bond acceptors (Lipinski definition) is 4. The molecular formula is C14H14IN3O3. The normalized spacial score (nSPS) is 10.2. The molecule has 1 heterocycles. The Hall–Kier alpha value is -1.90. The lowest BCUT2D eigenvalue weighted by Gasteiger charge is -2.10. The first-order valence-electron chi connectivity index (χ1n) is 6.17. The summed E-state index contributed by atoms with van der Waals surface area (Å²) in [6.45, 7) is 1.62. The number of methoxy groups -OCH3 is 1. The third-order valence-electron chi connectivity index (χ3n) is 2.88. The molecule has 1 aromatic heterocycles. The quantitative estimate of drug-likeness (QED) is 0.797. The second kappa shape index (κ2) is 6.70. The van der Waals surface area contributed by atoms with Crippen LogP contribution in [0.2, 0.25) is 0 Å². The van der Waals surface area contributed by atoms with Gasteiger partial charge in [-0.05, 0) is 53.8 Å². The van der Waals surface area contributed by atoms with Crippen LogP contribution < -0.4 is 15.6 Å². The summed E-state index contributed by atoms with van der Waals surface area (Å²) in [5, 5.41) is 2.73. The standard InChI is InChI=1S/C14H14IN3O3/c1-9-16-7-12(15)14(20)18(9)8-13(19)17-10-3-5-11(21-2)6-4-10/h3-7H,8H2,1-2H3,(H,17,19). The number of aryl methyl sites for hydroxylation is 1. The van der Waals surface area contributed by atoms with Crippen LogP contribution in [0.15, 0.2) is 35.3 Å². The summed E-state index contributed by atoms with van der Waals surface area (Å²) in [5.41, 5.74) is 0.429. The number of benzene rings is 1. The van der Waals surface area contributed by atoms with Crippen molar-refractivity contribution in [3.8, 4) is 5.75 Å². The zero-order valence-electron chi connectivity index (χ0n) is 11.6. The molecule has 0 aliphatic heterocycles. The van der Waals surface area contributed by atoms with Gasteiger partial charge in [-0.2, -0.15) is 0 Å². The molecule has 0 unspecified atom stereocenters. The van der Waals surface area contributed by atoms with Crippen molar-refractivity contribution in [2.45, 2.75) is 13.5 Å². The average Bonchev–Trinajstić information content (AvgIpc) is 2.48. The van der Waals surface area contributed by atoms with Gasteiger partial charge in [-0.15, -0.1) is 0 Å². The van der Waals surface area contributed by atoms with Crippen LogP contribution in [0, 0.1) is 10.5 Å². The van der Waals surface area contributed by atoms with E-state index < -0.39 is 0 Å². The first-order valence-corrected chi connectivity index (χ1v) is 7.25. The Morgan fingerprint density at radius 1 is 1.38 bits per heavy atom. The largest absolute Gasteiger partial charge is 0.497 e. The minimum Gasteiger partial charge on any atom is -0.497 e. The molecule has 7 heteroatoms. The molecule has 0 aliphatic rings. The van der Waals surface area contributed by atoms with Crippen molar-refractivity contribution in [3.05, 3.63) is 50.2 Å². The van der Waals surface area contributed by atoms with Gasteiger partial charge in [0.15, 0.2) is 0 Å². The maximum absolute atomic E-state index is 12.0. The van der Waals surface area contributed by atoms with Crippen molar-refractivity contribution in [2.24, 2.45) is 0 Å². The molecular weight excluding hydrogens is 385 g/mol. The van der Waals surface area contributed by atoms with Crippen LogP contribution in [0.4, 0.5) is 5.69 Å². The maximum atomic E-state index is 12.0. The van der Waals surface area contributed by atoms with Gasteiger partial charge in [0.05, 0.1) is 10.7 Å². The van der Waals surface area contributed by atoms with Gasteiger partial charge in [-0.25, -0.2) is 4.98 Å². The van der Waals surface area contributed by atoms with Crippen molar-refractivity contribution >= 4 is 34.2 Å². The van der Waals surface area contributed by atoms with Gasteiger partial charge in [-0.1, -0.05) is 0 Å². The Morgan fingerprint density at radius 3 is 2.67 bits per heavy atom. The summed E-state index contributed by atoms with van der Waals surface area (Å²) < 4.78 is 6.88. The molecule has 1 aromatic carbocycles. The van der Waals surface area contributed by atoms with Gasteiger partial charge < -0.3 is 10.1 Å². The van der Waals surface area contributed by atoms with Crippen LogP contribution >= 0.6 is 22.6 Å². The lowest BCUT2D eigenvalue weighted by atomic mass is 10.3. The van der Waals surface area contributed by atoms with Crippen molar-refractivity contribution in [1.29, 1.82) is 0 Å². The van der Waals surface area contributed by atoms with E-state index in [1.807, 2.05) is 22.6 Å². The molecule has 0 saturated heterocycles.